The summed E-state index contributed by atoms with van der Waals surface area (Å²) in [7, 11) is 0. The molecule has 39 heavy (non-hydrogen) atoms. The Morgan fingerprint density at radius 1 is 0.821 bits per heavy atom. The number of nitrogens with one attached hydrogen (secondary N) is 1. The van der Waals surface area contributed by atoms with Crippen molar-refractivity contribution in [1.29, 1.82) is 0 Å². The maximum absolute atomic E-state index is 12.0. The van der Waals surface area contributed by atoms with Gasteiger partial charge < -0.3 is 24.6 Å². The number of thioether (sulfide) groups is 3. The Morgan fingerprint density at radius 2 is 1.31 bits per heavy atom. The van der Waals surface area contributed by atoms with Crippen LogP contribution < -0.4 is 5.32 Å². The number of hydrogen-bond donors (Lipinski definition) is 2. The molecule has 3 atom stereocenters. The van der Waals surface area contributed by atoms with Crippen LogP contribution >= 0.6 is 35.3 Å². The predicted molar refractivity (Wildman–Crippen MR) is 158 cm³/mol. The van der Waals surface area contributed by atoms with E-state index in [0.717, 1.165) is 23.1 Å². The number of alkyl carbamates (subject to hydrolysis) is 1. The molecule has 0 fully saturated rings. The zero-order valence-corrected chi connectivity index (χ0v) is 25.8. The van der Waals surface area contributed by atoms with Crippen molar-refractivity contribution in [2.24, 2.45) is 0 Å². The lowest BCUT2D eigenvalue weighted by Gasteiger charge is -2.16. The quantitative estimate of drug-likeness (QED) is 0.122. The number of amides is 1. The maximum atomic E-state index is 12.0. The molecule has 0 spiro atoms. The molecule has 1 aromatic carbocycles. The van der Waals surface area contributed by atoms with Crippen molar-refractivity contribution in [3.63, 3.8) is 0 Å². The summed E-state index contributed by atoms with van der Waals surface area (Å²) in [6.07, 6.45) is 0.848. The van der Waals surface area contributed by atoms with E-state index >= 15 is 0 Å². The van der Waals surface area contributed by atoms with E-state index in [1.165, 1.54) is 35.3 Å². The molecule has 2 N–H and O–H groups in total. The Balaban J connectivity index is 2.89. The van der Waals surface area contributed by atoms with Gasteiger partial charge in [-0.1, -0.05) is 31.5 Å². The van der Waals surface area contributed by atoms with Crippen LogP contribution in [0.2, 0.25) is 0 Å². The predicted octanol–water partition coefficient (Wildman–Crippen LogP) is 5.27. The van der Waals surface area contributed by atoms with Crippen LogP contribution in [0.5, 0.6) is 0 Å². The first kappa shape index (κ1) is 35.0. The van der Waals surface area contributed by atoms with Crippen LogP contribution in [-0.2, 0) is 45.9 Å². The molecule has 0 aliphatic heterocycles. The van der Waals surface area contributed by atoms with Crippen LogP contribution in [0.3, 0.4) is 0 Å². The van der Waals surface area contributed by atoms with Gasteiger partial charge in [0.15, 0.2) is 0 Å². The van der Waals surface area contributed by atoms with Crippen molar-refractivity contribution in [2.75, 3.05) is 25.6 Å². The Labute approximate surface area is 244 Å². The Morgan fingerprint density at radius 3 is 1.74 bits per heavy atom. The minimum Gasteiger partial charge on any atom is -0.480 e. The zero-order chi connectivity index (χ0) is 29.2. The molecule has 0 radical (unpaired) electrons. The monoisotopic (exact) mass is 603 g/mol. The number of unbranched alkanes of at least 4 members (excludes halogenated alkanes) is 1. The van der Waals surface area contributed by atoms with Crippen LogP contribution in [0, 0.1) is 0 Å². The second kappa shape index (κ2) is 19.9. The summed E-state index contributed by atoms with van der Waals surface area (Å²) in [6, 6.07) is 5.04. The summed E-state index contributed by atoms with van der Waals surface area (Å²) in [5.41, 5.74) is 3.01. The maximum Gasteiger partial charge on any atom is 0.407 e. The molecule has 1 amide bonds. The molecule has 0 saturated carbocycles. The first-order valence-electron chi connectivity index (χ1n) is 13.0. The van der Waals surface area contributed by atoms with Gasteiger partial charge in [-0.05, 0) is 50.8 Å². The zero-order valence-electron chi connectivity index (χ0n) is 23.4. The van der Waals surface area contributed by atoms with E-state index in [2.05, 4.69) is 11.4 Å². The summed E-state index contributed by atoms with van der Waals surface area (Å²) >= 11 is 4.34. The number of rotatable bonds is 19. The molecule has 3 unspecified atom stereocenters. The first-order chi connectivity index (χ1) is 18.6. The number of carbonyl (C=O) groups is 4. The Kier molecular flexibility index (Phi) is 17.9. The highest BCUT2D eigenvalue weighted by Crippen LogP contribution is 2.26. The van der Waals surface area contributed by atoms with E-state index in [1.807, 2.05) is 32.9 Å². The summed E-state index contributed by atoms with van der Waals surface area (Å²) in [5, 5.41) is 11.3. The number of benzene rings is 1. The minimum absolute atomic E-state index is 0.168. The fourth-order valence-corrected chi connectivity index (χ4v) is 5.76. The molecule has 0 aliphatic carbocycles. The highest BCUT2D eigenvalue weighted by atomic mass is 32.2. The fourth-order valence-electron chi connectivity index (χ4n) is 3.15. The topological polar surface area (TPSA) is 128 Å². The highest BCUT2D eigenvalue weighted by Gasteiger charge is 2.21. The third kappa shape index (κ3) is 14.8. The number of hydrogen-bond acceptors (Lipinski definition) is 10. The lowest BCUT2D eigenvalue weighted by molar-refractivity contribution is -0.143. The van der Waals surface area contributed by atoms with Crippen molar-refractivity contribution in [3.8, 4) is 0 Å². The van der Waals surface area contributed by atoms with Crippen molar-refractivity contribution < 1.29 is 38.5 Å². The third-order valence-electron chi connectivity index (χ3n) is 5.22. The van der Waals surface area contributed by atoms with Gasteiger partial charge in [-0.2, -0.15) is 11.8 Å². The molecule has 0 aromatic heterocycles. The van der Waals surface area contributed by atoms with Gasteiger partial charge in [0.25, 0.3) is 0 Å². The number of carboxylic acids is 1. The summed E-state index contributed by atoms with van der Waals surface area (Å²) in [5.74, 6) is 0.230. The van der Waals surface area contributed by atoms with Gasteiger partial charge in [0.2, 0.25) is 0 Å². The standard InChI is InChI=1S/C27H41NO8S3/c1-6-9-10-36-27(33)28-23(24(29)30)17-37-14-20-11-21(15-38-18(4)25(31)34-7-2)13-22(12-20)16-39-19(5)26(32)35-8-3/h11-13,18-19,23H,6-10,14-17H2,1-5H3,(H,28,33)(H,29,30). The highest BCUT2D eigenvalue weighted by molar-refractivity contribution is 8.00. The molecule has 0 aliphatic rings. The van der Waals surface area contributed by atoms with Crippen LogP contribution in [0.15, 0.2) is 18.2 Å². The summed E-state index contributed by atoms with van der Waals surface area (Å²) in [4.78, 5) is 47.6. The Hall–Kier alpha value is -2.05. The van der Waals surface area contributed by atoms with Gasteiger partial charge in [-0.15, -0.1) is 23.5 Å². The summed E-state index contributed by atoms with van der Waals surface area (Å²) in [6.45, 7) is 10.1. The molecule has 0 heterocycles. The molecule has 0 bridgehead atoms. The first-order valence-corrected chi connectivity index (χ1v) is 16.3. The second-order valence-corrected chi connectivity index (χ2v) is 12.3. The van der Waals surface area contributed by atoms with Crippen LogP contribution in [0.4, 0.5) is 4.79 Å². The SMILES string of the molecule is CCCCOC(=O)NC(CSCc1cc(CSC(C)C(=O)OCC)cc(CSC(C)C(=O)OCC)c1)C(=O)O. The Bertz CT molecular complexity index is 884. The summed E-state index contributed by atoms with van der Waals surface area (Å²) < 4.78 is 15.2. The lowest BCUT2D eigenvalue weighted by atomic mass is 10.1. The van der Waals surface area contributed by atoms with Crippen molar-refractivity contribution in [3.05, 3.63) is 34.9 Å². The largest absolute Gasteiger partial charge is 0.480 e. The molecule has 12 heteroatoms. The van der Waals surface area contributed by atoms with E-state index in [-0.39, 0.29) is 34.8 Å². The van der Waals surface area contributed by atoms with Gasteiger partial charge in [0, 0.05) is 23.0 Å². The molecular formula is C27H41NO8S3. The van der Waals surface area contributed by atoms with E-state index in [4.69, 9.17) is 14.2 Å². The van der Waals surface area contributed by atoms with Crippen molar-refractivity contribution >= 4 is 59.3 Å². The minimum atomic E-state index is -1.13. The van der Waals surface area contributed by atoms with Gasteiger partial charge in [-0.25, -0.2) is 9.59 Å². The second-order valence-electron chi connectivity index (χ2n) is 8.61. The van der Waals surface area contributed by atoms with E-state index in [9.17, 15) is 24.3 Å². The van der Waals surface area contributed by atoms with E-state index in [0.29, 0.717) is 36.9 Å². The third-order valence-corrected chi connectivity index (χ3v) is 8.72. The molecular weight excluding hydrogens is 562 g/mol. The van der Waals surface area contributed by atoms with Crippen molar-refractivity contribution in [1.82, 2.24) is 5.32 Å². The average Bonchev–Trinajstić information content (AvgIpc) is 2.90. The van der Waals surface area contributed by atoms with Crippen LogP contribution in [0.1, 0.15) is 64.2 Å². The van der Waals surface area contributed by atoms with E-state index in [1.54, 1.807) is 13.8 Å². The fraction of sp³-hybridized carbons (Fsp3) is 0.630. The molecule has 9 nitrogen and oxygen atoms in total. The lowest BCUT2D eigenvalue weighted by Crippen LogP contribution is -2.43. The molecule has 220 valence electrons. The normalized spacial score (nSPS) is 13.2. The van der Waals surface area contributed by atoms with Crippen LogP contribution in [-0.4, -0.2) is 71.2 Å². The number of esters is 2. The van der Waals surface area contributed by atoms with Gasteiger partial charge >= 0.3 is 24.0 Å². The van der Waals surface area contributed by atoms with Crippen LogP contribution in [0.25, 0.3) is 0 Å². The average molecular weight is 604 g/mol. The number of carboxylic acid groups (broad SMARTS) is 1. The molecule has 1 rings (SSSR count). The van der Waals surface area contributed by atoms with Gasteiger partial charge in [0.1, 0.15) is 6.04 Å². The number of aliphatic carboxylic acids is 1. The van der Waals surface area contributed by atoms with Gasteiger partial charge in [-0.3, -0.25) is 9.59 Å². The number of carbonyl (C=O) groups excluding carboxylic acids is 3. The van der Waals surface area contributed by atoms with Crippen molar-refractivity contribution in [2.45, 2.75) is 81.3 Å². The molecule has 0 saturated heterocycles. The number of ether oxygens (including phenoxy) is 3. The van der Waals surface area contributed by atoms with Gasteiger partial charge in [0.05, 0.1) is 30.3 Å². The molecule has 1 aromatic rings. The van der Waals surface area contributed by atoms with E-state index < -0.39 is 18.1 Å². The smallest absolute Gasteiger partial charge is 0.407 e.